The average molecular weight is 274 g/mol. The molecule has 1 amide bonds. The second kappa shape index (κ2) is 4.78. The van der Waals surface area contributed by atoms with Gasteiger partial charge in [0.1, 0.15) is 6.33 Å². The normalized spacial score (nSPS) is 10.1. The fourth-order valence-corrected chi connectivity index (χ4v) is 1.99. The van der Waals surface area contributed by atoms with Gasteiger partial charge in [-0.25, -0.2) is 4.98 Å². The van der Waals surface area contributed by atoms with E-state index in [9.17, 15) is 4.79 Å². The number of nitrogens with zero attached hydrogens (tertiary/aromatic N) is 2. The number of aromatic nitrogens is 2. The highest BCUT2D eigenvalue weighted by atomic mass is 35.5. The molecule has 1 N–H and O–H groups in total. The quantitative estimate of drug-likeness (QED) is 0.915. The standard InChI is InChI=1S/C9H5Cl2N3OS/c10-5-1-2-6(7(11)3-5)8(15)14-9-12-4-13-16-9/h1-4H,(H,12,13,14,15). The molecule has 0 aliphatic carbocycles. The Bertz CT molecular complexity index is 515. The molecule has 1 heterocycles. The minimum absolute atomic E-state index is 0.300. The van der Waals surface area contributed by atoms with Crippen molar-refractivity contribution in [3.8, 4) is 0 Å². The number of halogens is 2. The van der Waals surface area contributed by atoms with E-state index in [1.807, 2.05) is 0 Å². The van der Waals surface area contributed by atoms with Crippen LogP contribution in [0.15, 0.2) is 24.5 Å². The van der Waals surface area contributed by atoms with Gasteiger partial charge in [0, 0.05) is 16.6 Å². The number of hydrogen-bond donors (Lipinski definition) is 1. The maximum absolute atomic E-state index is 11.7. The molecule has 0 spiro atoms. The first kappa shape index (κ1) is 11.3. The zero-order valence-electron chi connectivity index (χ0n) is 7.78. The van der Waals surface area contributed by atoms with Gasteiger partial charge >= 0.3 is 0 Å². The van der Waals surface area contributed by atoms with E-state index in [0.717, 1.165) is 11.5 Å². The van der Waals surface area contributed by atoms with Gasteiger partial charge in [-0.2, -0.15) is 4.37 Å². The highest BCUT2D eigenvalue weighted by Crippen LogP contribution is 2.22. The lowest BCUT2D eigenvalue weighted by Gasteiger charge is -2.03. The minimum Gasteiger partial charge on any atom is -0.297 e. The first-order valence-corrected chi connectivity index (χ1v) is 5.73. The van der Waals surface area contributed by atoms with E-state index in [1.54, 1.807) is 12.1 Å². The summed E-state index contributed by atoms with van der Waals surface area (Å²) in [6.07, 6.45) is 1.36. The molecule has 0 saturated carbocycles. The molecule has 0 saturated heterocycles. The first-order valence-electron chi connectivity index (χ1n) is 4.20. The van der Waals surface area contributed by atoms with Gasteiger partial charge in [-0.3, -0.25) is 10.1 Å². The second-order valence-corrected chi connectivity index (χ2v) is 4.45. The molecule has 0 fully saturated rings. The van der Waals surface area contributed by atoms with Crippen LogP contribution in [-0.2, 0) is 0 Å². The van der Waals surface area contributed by atoms with Crippen molar-refractivity contribution in [2.75, 3.05) is 5.32 Å². The van der Waals surface area contributed by atoms with Crippen LogP contribution in [0.5, 0.6) is 0 Å². The van der Waals surface area contributed by atoms with Crippen LogP contribution in [0.25, 0.3) is 0 Å². The Balaban J connectivity index is 2.21. The summed E-state index contributed by atoms with van der Waals surface area (Å²) in [5.74, 6) is -0.335. The van der Waals surface area contributed by atoms with Gasteiger partial charge in [0.2, 0.25) is 5.13 Å². The van der Waals surface area contributed by atoms with Crippen molar-refractivity contribution in [1.29, 1.82) is 0 Å². The second-order valence-electron chi connectivity index (χ2n) is 2.82. The summed E-state index contributed by atoms with van der Waals surface area (Å²) in [4.78, 5) is 15.6. The maximum atomic E-state index is 11.7. The SMILES string of the molecule is O=C(Nc1ncns1)c1ccc(Cl)cc1Cl. The van der Waals surface area contributed by atoms with Crippen LogP contribution in [0.4, 0.5) is 5.13 Å². The molecule has 7 heteroatoms. The van der Waals surface area contributed by atoms with Crippen molar-refractivity contribution in [2.45, 2.75) is 0 Å². The van der Waals surface area contributed by atoms with Crippen molar-refractivity contribution in [2.24, 2.45) is 0 Å². The van der Waals surface area contributed by atoms with Crippen LogP contribution in [-0.4, -0.2) is 15.3 Å². The summed E-state index contributed by atoms with van der Waals surface area (Å²) in [5.41, 5.74) is 0.348. The van der Waals surface area contributed by atoms with E-state index in [-0.39, 0.29) is 5.91 Å². The number of amides is 1. The smallest absolute Gasteiger partial charge is 0.258 e. The van der Waals surface area contributed by atoms with Gasteiger partial charge in [0.15, 0.2) is 0 Å². The molecular formula is C9H5Cl2N3OS. The van der Waals surface area contributed by atoms with Crippen LogP contribution in [0, 0.1) is 0 Å². The Morgan fingerprint density at radius 2 is 2.19 bits per heavy atom. The van der Waals surface area contributed by atoms with E-state index < -0.39 is 0 Å². The van der Waals surface area contributed by atoms with E-state index in [4.69, 9.17) is 23.2 Å². The van der Waals surface area contributed by atoms with Crippen LogP contribution < -0.4 is 5.32 Å². The third-order valence-electron chi connectivity index (χ3n) is 1.76. The topological polar surface area (TPSA) is 54.9 Å². The van der Waals surface area contributed by atoms with Gasteiger partial charge in [-0.1, -0.05) is 23.2 Å². The lowest BCUT2D eigenvalue weighted by molar-refractivity contribution is 0.102. The molecule has 0 unspecified atom stereocenters. The molecule has 16 heavy (non-hydrogen) atoms. The van der Waals surface area contributed by atoms with Gasteiger partial charge < -0.3 is 0 Å². The monoisotopic (exact) mass is 273 g/mol. The van der Waals surface area contributed by atoms with Crippen molar-refractivity contribution < 1.29 is 4.79 Å². The van der Waals surface area contributed by atoms with Gasteiger partial charge in [0.05, 0.1) is 10.6 Å². The predicted molar refractivity (Wildman–Crippen MR) is 64.3 cm³/mol. The largest absolute Gasteiger partial charge is 0.297 e. The Hall–Kier alpha value is -1.17. The Morgan fingerprint density at radius 1 is 1.38 bits per heavy atom. The summed E-state index contributed by atoms with van der Waals surface area (Å²) in [6, 6.07) is 4.67. The molecule has 4 nitrogen and oxygen atoms in total. The van der Waals surface area contributed by atoms with Gasteiger partial charge in [0.25, 0.3) is 5.91 Å². The van der Waals surface area contributed by atoms with Crippen LogP contribution in [0.2, 0.25) is 10.0 Å². The van der Waals surface area contributed by atoms with Crippen molar-refractivity contribution in [3.05, 3.63) is 40.1 Å². The van der Waals surface area contributed by atoms with Gasteiger partial charge in [-0.05, 0) is 18.2 Å². The lowest BCUT2D eigenvalue weighted by atomic mass is 10.2. The van der Waals surface area contributed by atoms with Crippen molar-refractivity contribution >= 4 is 45.8 Å². The molecule has 0 aliphatic heterocycles. The number of nitrogens with one attached hydrogen (secondary N) is 1. The average Bonchev–Trinajstić information content (AvgIpc) is 2.70. The molecule has 82 valence electrons. The van der Waals surface area contributed by atoms with Crippen molar-refractivity contribution in [3.63, 3.8) is 0 Å². The Morgan fingerprint density at radius 3 is 2.81 bits per heavy atom. The van der Waals surface area contributed by atoms with Crippen LogP contribution >= 0.6 is 34.7 Å². The lowest BCUT2D eigenvalue weighted by Crippen LogP contribution is -2.12. The molecule has 0 aliphatic rings. The zero-order chi connectivity index (χ0) is 11.5. The summed E-state index contributed by atoms with van der Waals surface area (Å²) in [7, 11) is 0. The zero-order valence-corrected chi connectivity index (χ0v) is 10.1. The summed E-state index contributed by atoms with van der Waals surface area (Å²) < 4.78 is 3.77. The highest BCUT2D eigenvalue weighted by Gasteiger charge is 2.11. The molecule has 0 bridgehead atoms. The number of anilines is 1. The maximum Gasteiger partial charge on any atom is 0.258 e. The van der Waals surface area contributed by atoms with E-state index in [1.165, 1.54) is 12.4 Å². The molecule has 2 rings (SSSR count). The third kappa shape index (κ3) is 2.49. The molecule has 1 aromatic carbocycles. The first-order chi connectivity index (χ1) is 7.66. The summed E-state index contributed by atoms with van der Waals surface area (Å²) in [5, 5.41) is 3.79. The third-order valence-corrected chi connectivity index (χ3v) is 2.89. The van der Waals surface area contributed by atoms with Crippen molar-refractivity contribution in [1.82, 2.24) is 9.36 Å². The number of hydrogen-bond acceptors (Lipinski definition) is 4. The summed E-state index contributed by atoms with van der Waals surface area (Å²) in [6.45, 7) is 0. The Kier molecular flexibility index (Phi) is 3.38. The molecule has 0 radical (unpaired) electrons. The van der Waals surface area contributed by atoms with Crippen LogP contribution in [0.1, 0.15) is 10.4 Å². The minimum atomic E-state index is -0.335. The molecule has 0 atom stereocenters. The number of carbonyl (C=O) groups is 1. The fourth-order valence-electron chi connectivity index (χ4n) is 1.07. The fraction of sp³-hybridized carbons (Fsp3) is 0. The van der Waals surface area contributed by atoms with Crippen LogP contribution in [0.3, 0.4) is 0 Å². The molecule has 2 aromatic rings. The number of benzene rings is 1. The number of carbonyl (C=O) groups excluding carboxylic acids is 1. The Labute approximate surface area is 105 Å². The van der Waals surface area contributed by atoms with Gasteiger partial charge in [-0.15, -0.1) is 0 Å². The van der Waals surface area contributed by atoms with E-state index in [0.29, 0.717) is 20.7 Å². The van der Waals surface area contributed by atoms with E-state index >= 15 is 0 Å². The predicted octanol–water partition coefficient (Wildman–Crippen LogP) is 3.10. The molecular weight excluding hydrogens is 269 g/mol. The molecule has 1 aromatic heterocycles. The number of rotatable bonds is 2. The summed E-state index contributed by atoms with van der Waals surface area (Å²) >= 11 is 12.7. The van der Waals surface area contributed by atoms with E-state index in [2.05, 4.69) is 14.7 Å². The highest BCUT2D eigenvalue weighted by molar-refractivity contribution is 7.09.